The molecule has 0 bridgehead atoms. The Bertz CT molecular complexity index is 981. The average molecular weight is 480 g/mol. The van der Waals surface area contributed by atoms with Crippen molar-refractivity contribution in [2.75, 3.05) is 26.0 Å². The first-order valence-electron chi connectivity index (χ1n) is 10.1. The number of hydrogen-bond donors (Lipinski definition) is 2. The first-order valence-corrected chi connectivity index (χ1v) is 10.8. The van der Waals surface area contributed by atoms with Gasteiger partial charge in [0.05, 0.1) is 24.2 Å². The summed E-state index contributed by atoms with van der Waals surface area (Å²) in [6, 6.07) is 10.6. The molecule has 0 aliphatic heterocycles. The minimum Gasteiger partial charge on any atom is -0.497 e. The van der Waals surface area contributed by atoms with E-state index in [9.17, 15) is 14.4 Å². The number of amides is 3. The lowest BCUT2D eigenvalue weighted by molar-refractivity contribution is -0.135. The Morgan fingerprint density at radius 1 is 1.09 bits per heavy atom. The molecule has 2 rings (SSSR count). The molecule has 0 saturated carbocycles. The van der Waals surface area contributed by atoms with Crippen LogP contribution in [0.25, 0.3) is 0 Å². The Morgan fingerprint density at radius 2 is 1.81 bits per heavy atom. The van der Waals surface area contributed by atoms with Crippen LogP contribution in [0.15, 0.2) is 42.5 Å². The molecule has 0 spiro atoms. The van der Waals surface area contributed by atoms with Crippen molar-refractivity contribution in [2.24, 2.45) is 5.92 Å². The molecule has 0 radical (unpaired) electrons. The largest absolute Gasteiger partial charge is 0.497 e. The monoisotopic (exact) mass is 479 g/mol. The summed E-state index contributed by atoms with van der Waals surface area (Å²) in [5.41, 5.74) is 0.774. The lowest BCUT2D eigenvalue weighted by atomic mass is 10.0. The molecule has 1 unspecified atom stereocenters. The van der Waals surface area contributed by atoms with Crippen molar-refractivity contribution < 1.29 is 19.1 Å². The van der Waals surface area contributed by atoms with Gasteiger partial charge in [-0.3, -0.25) is 14.4 Å². The maximum absolute atomic E-state index is 13.0. The van der Waals surface area contributed by atoms with Crippen LogP contribution in [0.2, 0.25) is 10.0 Å². The molecular formula is C23H27Cl2N3O4. The van der Waals surface area contributed by atoms with E-state index in [2.05, 4.69) is 10.6 Å². The van der Waals surface area contributed by atoms with Crippen molar-refractivity contribution in [1.29, 1.82) is 0 Å². The molecule has 32 heavy (non-hydrogen) atoms. The molecule has 9 heteroatoms. The Morgan fingerprint density at radius 3 is 2.44 bits per heavy atom. The van der Waals surface area contributed by atoms with Crippen LogP contribution in [0, 0.1) is 5.92 Å². The summed E-state index contributed by atoms with van der Waals surface area (Å²) in [4.78, 5) is 39.5. The van der Waals surface area contributed by atoms with Gasteiger partial charge in [0.1, 0.15) is 11.8 Å². The van der Waals surface area contributed by atoms with E-state index < -0.39 is 11.9 Å². The standard InChI is InChI=1S/C23H27Cl2N3O4/c1-14(2)10-20(27-22(30)18-9-8-15(24)11-19(18)25)23(31)28(3)13-21(29)26-16-6-5-7-17(12-16)32-4/h5-9,11-12,14,20H,10,13H2,1-4H3,(H,26,29)(H,27,30). The fraction of sp³-hybridized carbons (Fsp3) is 0.348. The molecule has 172 valence electrons. The lowest BCUT2D eigenvalue weighted by Gasteiger charge is -2.25. The number of methoxy groups -OCH3 is 1. The van der Waals surface area contributed by atoms with Gasteiger partial charge < -0.3 is 20.3 Å². The normalized spacial score (nSPS) is 11.6. The van der Waals surface area contributed by atoms with Crippen LogP contribution < -0.4 is 15.4 Å². The van der Waals surface area contributed by atoms with Crippen LogP contribution in [0.4, 0.5) is 5.69 Å². The lowest BCUT2D eigenvalue weighted by Crippen LogP contribution is -2.49. The first-order chi connectivity index (χ1) is 15.1. The number of anilines is 1. The molecule has 2 N–H and O–H groups in total. The van der Waals surface area contributed by atoms with Crippen molar-refractivity contribution >= 4 is 46.6 Å². The van der Waals surface area contributed by atoms with Gasteiger partial charge in [-0.15, -0.1) is 0 Å². The van der Waals surface area contributed by atoms with Gasteiger partial charge in [-0.05, 0) is 42.7 Å². The smallest absolute Gasteiger partial charge is 0.253 e. The highest BCUT2D eigenvalue weighted by Crippen LogP contribution is 2.21. The Balaban J connectivity index is 2.06. The minimum atomic E-state index is -0.816. The molecule has 0 aliphatic carbocycles. The predicted molar refractivity (Wildman–Crippen MR) is 126 cm³/mol. The maximum atomic E-state index is 13.0. The van der Waals surface area contributed by atoms with Gasteiger partial charge in [-0.1, -0.05) is 43.1 Å². The number of benzene rings is 2. The van der Waals surface area contributed by atoms with E-state index >= 15 is 0 Å². The highest BCUT2D eigenvalue weighted by molar-refractivity contribution is 6.36. The summed E-state index contributed by atoms with van der Waals surface area (Å²) < 4.78 is 5.14. The number of likely N-dealkylation sites (N-methyl/N-ethyl adjacent to an activating group) is 1. The Labute approximate surface area is 198 Å². The summed E-state index contributed by atoms with van der Waals surface area (Å²) >= 11 is 12.0. The van der Waals surface area contributed by atoms with Gasteiger partial charge in [-0.2, -0.15) is 0 Å². The number of rotatable bonds is 9. The zero-order chi connectivity index (χ0) is 23.8. The number of hydrogen-bond acceptors (Lipinski definition) is 4. The quantitative estimate of drug-likeness (QED) is 0.562. The molecule has 7 nitrogen and oxygen atoms in total. The number of halogens is 2. The minimum absolute atomic E-state index is 0.129. The Hall–Kier alpha value is -2.77. The molecule has 0 aliphatic rings. The van der Waals surface area contributed by atoms with Gasteiger partial charge in [-0.25, -0.2) is 0 Å². The second kappa shape index (κ2) is 11.7. The van der Waals surface area contributed by atoms with E-state index in [0.29, 0.717) is 22.9 Å². The van der Waals surface area contributed by atoms with E-state index in [4.69, 9.17) is 27.9 Å². The van der Waals surface area contributed by atoms with E-state index in [0.717, 1.165) is 0 Å². The van der Waals surface area contributed by atoms with Crippen molar-refractivity contribution in [2.45, 2.75) is 26.3 Å². The SMILES string of the molecule is COc1cccc(NC(=O)CN(C)C(=O)C(CC(C)C)NC(=O)c2ccc(Cl)cc2Cl)c1. The fourth-order valence-corrected chi connectivity index (χ4v) is 3.56. The fourth-order valence-electron chi connectivity index (χ4n) is 3.06. The number of carbonyl (C=O) groups is 3. The van der Waals surface area contributed by atoms with Crippen molar-refractivity contribution in [1.82, 2.24) is 10.2 Å². The van der Waals surface area contributed by atoms with Gasteiger partial charge >= 0.3 is 0 Å². The molecule has 0 fully saturated rings. The van der Waals surface area contributed by atoms with Crippen LogP contribution in [-0.4, -0.2) is 49.4 Å². The number of nitrogens with one attached hydrogen (secondary N) is 2. The second-order valence-electron chi connectivity index (χ2n) is 7.75. The van der Waals surface area contributed by atoms with Crippen molar-refractivity contribution in [3.63, 3.8) is 0 Å². The van der Waals surface area contributed by atoms with Crippen LogP contribution in [-0.2, 0) is 9.59 Å². The van der Waals surface area contributed by atoms with E-state index in [1.54, 1.807) is 30.3 Å². The van der Waals surface area contributed by atoms with Crippen LogP contribution in [0.3, 0.4) is 0 Å². The molecule has 0 aromatic heterocycles. The van der Waals surface area contributed by atoms with Gasteiger partial charge in [0.2, 0.25) is 11.8 Å². The van der Waals surface area contributed by atoms with Crippen LogP contribution in [0.5, 0.6) is 5.75 Å². The summed E-state index contributed by atoms with van der Waals surface area (Å²) in [5, 5.41) is 6.07. The second-order valence-corrected chi connectivity index (χ2v) is 8.60. The van der Waals surface area contributed by atoms with Gasteiger partial charge in [0, 0.05) is 23.8 Å². The van der Waals surface area contributed by atoms with E-state index in [1.807, 2.05) is 13.8 Å². The predicted octanol–water partition coefficient (Wildman–Crippen LogP) is 4.24. The zero-order valence-electron chi connectivity index (χ0n) is 18.4. The molecule has 0 heterocycles. The van der Waals surface area contributed by atoms with Gasteiger partial charge in [0.15, 0.2) is 0 Å². The molecule has 3 amide bonds. The third-order valence-electron chi connectivity index (χ3n) is 4.60. The average Bonchev–Trinajstić information content (AvgIpc) is 2.72. The highest BCUT2D eigenvalue weighted by Gasteiger charge is 2.27. The zero-order valence-corrected chi connectivity index (χ0v) is 20.0. The van der Waals surface area contributed by atoms with Crippen LogP contribution >= 0.6 is 23.2 Å². The molecule has 0 saturated heterocycles. The number of carbonyl (C=O) groups excluding carboxylic acids is 3. The van der Waals surface area contributed by atoms with Crippen LogP contribution in [0.1, 0.15) is 30.6 Å². The summed E-state index contributed by atoms with van der Waals surface area (Å²) in [6.45, 7) is 3.70. The number of nitrogens with zero attached hydrogens (tertiary/aromatic N) is 1. The molecular weight excluding hydrogens is 453 g/mol. The molecule has 2 aromatic rings. The summed E-state index contributed by atoms with van der Waals surface area (Å²) in [5.74, 6) is -0.501. The number of ether oxygens (including phenoxy) is 1. The van der Waals surface area contributed by atoms with Crippen molar-refractivity contribution in [3.8, 4) is 5.75 Å². The van der Waals surface area contributed by atoms with Crippen molar-refractivity contribution in [3.05, 3.63) is 58.1 Å². The highest BCUT2D eigenvalue weighted by atomic mass is 35.5. The van der Waals surface area contributed by atoms with E-state index in [1.165, 1.54) is 31.2 Å². The molecule has 1 atom stereocenters. The Kier molecular flexibility index (Phi) is 9.35. The third-order valence-corrected chi connectivity index (χ3v) is 5.14. The summed E-state index contributed by atoms with van der Waals surface area (Å²) in [7, 11) is 3.05. The van der Waals surface area contributed by atoms with E-state index in [-0.39, 0.29) is 34.9 Å². The van der Waals surface area contributed by atoms with Gasteiger partial charge in [0.25, 0.3) is 5.91 Å². The third kappa shape index (κ3) is 7.43. The topological polar surface area (TPSA) is 87.7 Å². The maximum Gasteiger partial charge on any atom is 0.253 e. The first kappa shape index (κ1) is 25.5. The summed E-state index contributed by atoms with van der Waals surface area (Å²) in [6.07, 6.45) is 0.400. The molecule has 2 aromatic carbocycles.